The maximum absolute atomic E-state index is 12.5. The summed E-state index contributed by atoms with van der Waals surface area (Å²) in [6.07, 6.45) is 1.65. The smallest absolute Gasteiger partial charge is 0.263 e. The predicted octanol–water partition coefficient (Wildman–Crippen LogP) is 2.75. The van der Waals surface area contributed by atoms with Crippen molar-refractivity contribution >= 4 is 21.5 Å². The number of nitrogens with one attached hydrogen (secondary N) is 1. The van der Waals surface area contributed by atoms with Crippen LogP contribution in [-0.4, -0.2) is 40.7 Å². The second kappa shape index (κ2) is 8.06. The van der Waals surface area contributed by atoms with Gasteiger partial charge in [0.15, 0.2) is 11.5 Å². The second-order valence-corrected chi connectivity index (χ2v) is 6.88. The summed E-state index contributed by atoms with van der Waals surface area (Å²) in [7, 11) is -0.832. The van der Waals surface area contributed by atoms with E-state index in [9.17, 15) is 8.42 Å². The number of aromatic nitrogens is 1. The Morgan fingerprint density at radius 1 is 1.04 bits per heavy atom. The van der Waals surface area contributed by atoms with Crippen molar-refractivity contribution in [1.82, 2.24) is 4.98 Å². The SMILES string of the molecule is CCN(CC)c1ccc(NS(=O)(=O)c2ccc(OC)c(OC)c2)nc1. The predicted molar refractivity (Wildman–Crippen MR) is 98.2 cm³/mol. The first-order chi connectivity index (χ1) is 11.9. The molecule has 1 heterocycles. The van der Waals surface area contributed by atoms with Gasteiger partial charge in [-0.1, -0.05) is 0 Å². The molecule has 2 aromatic rings. The van der Waals surface area contributed by atoms with Gasteiger partial charge in [-0.3, -0.25) is 4.72 Å². The lowest BCUT2D eigenvalue weighted by Crippen LogP contribution is -2.22. The van der Waals surface area contributed by atoms with Crippen LogP contribution in [0.15, 0.2) is 41.4 Å². The van der Waals surface area contributed by atoms with E-state index in [1.54, 1.807) is 18.3 Å². The Morgan fingerprint density at radius 2 is 1.72 bits per heavy atom. The van der Waals surface area contributed by atoms with Crippen molar-refractivity contribution in [2.24, 2.45) is 0 Å². The summed E-state index contributed by atoms with van der Waals surface area (Å²) in [4.78, 5) is 6.39. The molecule has 0 aliphatic rings. The summed E-state index contributed by atoms with van der Waals surface area (Å²) in [5, 5.41) is 0. The first-order valence-electron chi connectivity index (χ1n) is 7.91. The van der Waals surface area contributed by atoms with Crippen LogP contribution in [0.1, 0.15) is 13.8 Å². The zero-order valence-electron chi connectivity index (χ0n) is 14.8. The summed E-state index contributed by atoms with van der Waals surface area (Å²) < 4.78 is 37.8. The Kier molecular flexibility index (Phi) is 6.08. The zero-order chi connectivity index (χ0) is 18.4. The second-order valence-electron chi connectivity index (χ2n) is 5.20. The molecule has 0 spiro atoms. The fourth-order valence-electron chi connectivity index (χ4n) is 2.40. The molecule has 136 valence electrons. The minimum Gasteiger partial charge on any atom is -0.493 e. The highest BCUT2D eigenvalue weighted by Crippen LogP contribution is 2.30. The van der Waals surface area contributed by atoms with Crippen LogP contribution in [-0.2, 0) is 10.0 Å². The minimum atomic E-state index is -3.78. The molecule has 0 saturated heterocycles. The van der Waals surface area contributed by atoms with E-state index >= 15 is 0 Å². The number of benzene rings is 1. The largest absolute Gasteiger partial charge is 0.493 e. The van der Waals surface area contributed by atoms with Crippen molar-refractivity contribution in [3.8, 4) is 11.5 Å². The first kappa shape index (κ1) is 18.9. The quantitative estimate of drug-likeness (QED) is 0.775. The van der Waals surface area contributed by atoms with Crippen molar-refractivity contribution in [2.75, 3.05) is 36.9 Å². The molecule has 1 aromatic heterocycles. The topological polar surface area (TPSA) is 80.8 Å². The van der Waals surface area contributed by atoms with E-state index in [2.05, 4.69) is 28.5 Å². The molecule has 0 bridgehead atoms. The Hall–Kier alpha value is -2.48. The number of anilines is 2. The third-order valence-electron chi connectivity index (χ3n) is 3.78. The molecule has 0 unspecified atom stereocenters. The molecule has 1 N–H and O–H groups in total. The van der Waals surface area contributed by atoms with Crippen molar-refractivity contribution in [3.05, 3.63) is 36.5 Å². The van der Waals surface area contributed by atoms with Crippen LogP contribution in [0.4, 0.5) is 11.5 Å². The summed E-state index contributed by atoms with van der Waals surface area (Å²) in [5.41, 5.74) is 0.944. The van der Waals surface area contributed by atoms with E-state index in [1.165, 1.54) is 26.4 Å². The van der Waals surface area contributed by atoms with Gasteiger partial charge >= 0.3 is 0 Å². The third kappa shape index (κ3) is 4.33. The van der Waals surface area contributed by atoms with Crippen LogP contribution >= 0.6 is 0 Å². The highest BCUT2D eigenvalue weighted by molar-refractivity contribution is 7.92. The monoisotopic (exact) mass is 365 g/mol. The lowest BCUT2D eigenvalue weighted by molar-refractivity contribution is 0.354. The van der Waals surface area contributed by atoms with E-state index in [-0.39, 0.29) is 10.7 Å². The Balaban J connectivity index is 2.24. The maximum atomic E-state index is 12.5. The summed E-state index contributed by atoms with van der Waals surface area (Å²) in [6, 6.07) is 7.89. The molecule has 25 heavy (non-hydrogen) atoms. The Morgan fingerprint density at radius 3 is 2.24 bits per heavy atom. The lowest BCUT2D eigenvalue weighted by Gasteiger charge is -2.20. The van der Waals surface area contributed by atoms with Gasteiger partial charge in [-0.25, -0.2) is 13.4 Å². The fraction of sp³-hybridized carbons (Fsp3) is 0.353. The number of pyridine rings is 1. The van der Waals surface area contributed by atoms with Crippen LogP contribution < -0.4 is 19.1 Å². The average molecular weight is 365 g/mol. The van der Waals surface area contributed by atoms with Gasteiger partial charge in [0.1, 0.15) is 5.82 Å². The standard InChI is InChI=1S/C17H23N3O4S/c1-5-20(6-2)13-7-10-17(18-12-13)19-25(21,22)14-8-9-15(23-3)16(11-14)24-4/h7-12H,5-6H2,1-4H3,(H,18,19). The molecule has 0 saturated carbocycles. The summed E-state index contributed by atoms with van der Waals surface area (Å²) in [6.45, 7) is 5.82. The molecule has 0 aliphatic heterocycles. The Bertz CT molecular complexity index is 803. The van der Waals surface area contributed by atoms with Gasteiger partial charge in [-0.15, -0.1) is 0 Å². The lowest BCUT2D eigenvalue weighted by atomic mass is 10.3. The number of hydrogen-bond acceptors (Lipinski definition) is 6. The van der Waals surface area contributed by atoms with Crippen LogP contribution in [0.2, 0.25) is 0 Å². The number of nitrogens with zero attached hydrogens (tertiary/aromatic N) is 2. The molecular formula is C17H23N3O4S. The molecule has 1 aromatic carbocycles. The van der Waals surface area contributed by atoms with Crippen LogP contribution in [0, 0.1) is 0 Å². The molecule has 8 heteroatoms. The highest BCUT2D eigenvalue weighted by atomic mass is 32.2. The highest BCUT2D eigenvalue weighted by Gasteiger charge is 2.18. The fourth-order valence-corrected chi connectivity index (χ4v) is 3.43. The minimum absolute atomic E-state index is 0.0692. The Labute approximate surface area is 148 Å². The van der Waals surface area contributed by atoms with Crippen molar-refractivity contribution < 1.29 is 17.9 Å². The normalized spacial score (nSPS) is 11.0. The van der Waals surface area contributed by atoms with Gasteiger partial charge in [0.25, 0.3) is 10.0 Å². The van der Waals surface area contributed by atoms with E-state index in [0.29, 0.717) is 11.5 Å². The van der Waals surface area contributed by atoms with Gasteiger partial charge < -0.3 is 14.4 Å². The van der Waals surface area contributed by atoms with Gasteiger partial charge in [0.05, 0.1) is 31.0 Å². The van der Waals surface area contributed by atoms with E-state index in [4.69, 9.17) is 9.47 Å². The van der Waals surface area contributed by atoms with Crippen LogP contribution in [0.5, 0.6) is 11.5 Å². The van der Waals surface area contributed by atoms with Crippen molar-refractivity contribution in [3.63, 3.8) is 0 Å². The summed E-state index contributed by atoms with van der Waals surface area (Å²) >= 11 is 0. The number of methoxy groups -OCH3 is 2. The molecule has 2 rings (SSSR count). The number of hydrogen-bond donors (Lipinski definition) is 1. The third-order valence-corrected chi connectivity index (χ3v) is 5.13. The molecule has 7 nitrogen and oxygen atoms in total. The molecule has 0 radical (unpaired) electrons. The van der Waals surface area contributed by atoms with E-state index < -0.39 is 10.0 Å². The van der Waals surface area contributed by atoms with Crippen LogP contribution in [0.25, 0.3) is 0 Å². The molecular weight excluding hydrogens is 342 g/mol. The molecule has 0 aliphatic carbocycles. The number of sulfonamides is 1. The molecule has 0 atom stereocenters. The maximum Gasteiger partial charge on any atom is 0.263 e. The average Bonchev–Trinajstić information content (AvgIpc) is 2.63. The van der Waals surface area contributed by atoms with Gasteiger partial charge in [0.2, 0.25) is 0 Å². The van der Waals surface area contributed by atoms with Gasteiger partial charge in [-0.05, 0) is 38.1 Å². The summed E-state index contributed by atoms with van der Waals surface area (Å²) in [5.74, 6) is 1.06. The van der Waals surface area contributed by atoms with Gasteiger partial charge in [-0.2, -0.15) is 0 Å². The van der Waals surface area contributed by atoms with Crippen LogP contribution in [0.3, 0.4) is 0 Å². The van der Waals surface area contributed by atoms with E-state index in [1.807, 2.05) is 6.07 Å². The van der Waals surface area contributed by atoms with E-state index in [0.717, 1.165) is 18.8 Å². The zero-order valence-corrected chi connectivity index (χ0v) is 15.6. The molecule has 0 amide bonds. The molecule has 0 fully saturated rings. The van der Waals surface area contributed by atoms with Crippen molar-refractivity contribution in [1.29, 1.82) is 0 Å². The van der Waals surface area contributed by atoms with Gasteiger partial charge in [0, 0.05) is 19.2 Å². The number of rotatable bonds is 8. The first-order valence-corrected chi connectivity index (χ1v) is 9.39. The van der Waals surface area contributed by atoms with Crippen molar-refractivity contribution in [2.45, 2.75) is 18.7 Å². The number of ether oxygens (including phenoxy) is 2.